The van der Waals surface area contributed by atoms with Crippen LogP contribution in [0.2, 0.25) is 5.02 Å². The molecule has 0 aliphatic rings. The van der Waals surface area contributed by atoms with E-state index in [1.807, 2.05) is 44.2 Å². The van der Waals surface area contributed by atoms with Gasteiger partial charge in [0.15, 0.2) is 0 Å². The summed E-state index contributed by atoms with van der Waals surface area (Å²) in [6.07, 6.45) is 3.21. The molecule has 6 heteroatoms. The number of aryl methyl sites for hydroxylation is 1. The molecule has 0 fully saturated rings. The highest BCUT2D eigenvalue weighted by Crippen LogP contribution is 2.40. The first-order chi connectivity index (χ1) is 15.4. The summed E-state index contributed by atoms with van der Waals surface area (Å²) < 4.78 is 24.6. The number of anilines is 1. The van der Waals surface area contributed by atoms with Gasteiger partial charge in [-0.2, -0.15) is 0 Å². The minimum Gasteiger partial charge on any atom is -0.496 e. The second-order valence-electron chi connectivity index (χ2n) is 7.44. The fraction of sp³-hybridized carbons (Fsp3) is 0.115. The third-order valence-electron chi connectivity index (χ3n) is 5.29. The van der Waals surface area contributed by atoms with E-state index in [1.165, 1.54) is 30.3 Å². The van der Waals surface area contributed by atoms with Crippen molar-refractivity contribution in [2.45, 2.75) is 13.8 Å². The van der Waals surface area contributed by atoms with Crippen LogP contribution < -0.4 is 10.1 Å². The van der Waals surface area contributed by atoms with Crippen LogP contribution in [0.25, 0.3) is 27.7 Å². The molecule has 1 aromatic heterocycles. The lowest BCUT2D eigenvalue weighted by molar-refractivity contribution is -0.111. The zero-order valence-corrected chi connectivity index (χ0v) is 18.6. The summed E-state index contributed by atoms with van der Waals surface area (Å²) in [5, 5.41) is 4.31. The van der Waals surface area contributed by atoms with Crippen molar-refractivity contribution >= 4 is 39.7 Å². The zero-order chi connectivity index (χ0) is 22.8. The highest BCUT2D eigenvalue weighted by atomic mass is 35.5. The van der Waals surface area contributed by atoms with E-state index in [0.717, 1.165) is 38.8 Å². The Bertz CT molecular complexity index is 1320. The maximum atomic E-state index is 13.1. The number of rotatable bonds is 5. The molecule has 0 radical (unpaired) electrons. The van der Waals surface area contributed by atoms with Gasteiger partial charge in [0.1, 0.15) is 17.1 Å². The molecule has 4 nitrogen and oxygen atoms in total. The molecule has 0 atom stereocenters. The van der Waals surface area contributed by atoms with Crippen LogP contribution in [0.15, 0.2) is 71.4 Å². The van der Waals surface area contributed by atoms with Gasteiger partial charge in [-0.1, -0.05) is 23.7 Å². The van der Waals surface area contributed by atoms with Crippen molar-refractivity contribution in [3.05, 3.63) is 88.9 Å². The number of fused-ring (bicyclic) bond motifs is 1. The van der Waals surface area contributed by atoms with Gasteiger partial charge < -0.3 is 14.5 Å². The predicted octanol–water partition coefficient (Wildman–Crippen LogP) is 7.25. The summed E-state index contributed by atoms with van der Waals surface area (Å²) in [4.78, 5) is 12.5. The maximum Gasteiger partial charge on any atom is 0.248 e. The first kappa shape index (κ1) is 21.7. The van der Waals surface area contributed by atoms with E-state index in [1.54, 1.807) is 13.4 Å². The lowest BCUT2D eigenvalue weighted by Gasteiger charge is -2.13. The van der Waals surface area contributed by atoms with Gasteiger partial charge >= 0.3 is 0 Å². The summed E-state index contributed by atoms with van der Waals surface area (Å²) in [6.45, 7) is 3.76. The van der Waals surface area contributed by atoms with Gasteiger partial charge in [-0.25, -0.2) is 4.39 Å². The Balaban J connectivity index is 1.75. The number of benzene rings is 3. The first-order valence-electron chi connectivity index (χ1n) is 9.97. The average molecular weight is 450 g/mol. The van der Waals surface area contributed by atoms with E-state index < -0.39 is 0 Å². The quantitative estimate of drug-likeness (QED) is 0.326. The maximum absolute atomic E-state index is 13.1. The third kappa shape index (κ3) is 4.25. The monoisotopic (exact) mass is 449 g/mol. The highest BCUT2D eigenvalue weighted by molar-refractivity contribution is 6.30. The van der Waals surface area contributed by atoms with E-state index in [-0.39, 0.29) is 11.7 Å². The number of methoxy groups -OCH3 is 1. The Kier molecular flexibility index (Phi) is 6.01. The van der Waals surface area contributed by atoms with Crippen molar-refractivity contribution in [1.29, 1.82) is 0 Å². The number of hydrogen-bond acceptors (Lipinski definition) is 3. The van der Waals surface area contributed by atoms with Crippen LogP contribution in [-0.4, -0.2) is 13.0 Å². The number of carbonyl (C=O) groups excluding carboxylic acids is 1. The highest BCUT2D eigenvalue weighted by Gasteiger charge is 2.19. The molecule has 0 unspecified atom stereocenters. The smallest absolute Gasteiger partial charge is 0.248 e. The number of carbonyl (C=O) groups is 1. The molecule has 1 N–H and O–H groups in total. The number of amides is 1. The Hall–Kier alpha value is -3.57. The molecule has 0 saturated heterocycles. The summed E-state index contributed by atoms with van der Waals surface area (Å²) in [5.74, 6) is -0.0447. The van der Waals surface area contributed by atoms with Gasteiger partial charge in [0, 0.05) is 38.9 Å². The van der Waals surface area contributed by atoms with Crippen LogP contribution in [0.4, 0.5) is 10.1 Å². The summed E-state index contributed by atoms with van der Waals surface area (Å²) >= 11 is 6.03. The summed E-state index contributed by atoms with van der Waals surface area (Å²) in [5.41, 5.74) is 5.47. The Morgan fingerprint density at radius 1 is 1.12 bits per heavy atom. The van der Waals surface area contributed by atoms with E-state index in [2.05, 4.69) is 5.32 Å². The molecule has 162 valence electrons. The standard InChI is InChI=1S/C26H21ClFNO3/c1-15(12-24(30)29-20-10-8-19(28)9-11-20)21-13-22-23(17-4-6-18(27)7-5-17)14-32-26(22)16(2)25(21)31-3/h4-14H,1-3H3,(H,29,30)/b15-12+. The topological polar surface area (TPSA) is 51.5 Å². The first-order valence-corrected chi connectivity index (χ1v) is 10.3. The molecule has 4 aromatic rings. The second kappa shape index (κ2) is 8.89. The van der Waals surface area contributed by atoms with Crippen LogP contribution in [0.5, 0.6) is 5.75 Å². The lowest BCUT2D eigenvalue weighted by Crippen LogP contribution is -2.08. The molecule has 4 rings (SSSR count). The summed E-state index contributed by atoms with van der Waals surface area (Å²) in [6, 6.07) is 15.1. The molecule has 0 bridgehead atoms. The van der Waals surface area contributed by atoms with Gasteiger partial charge in [-0.15, -0.1) is 0 Å². The van der Waals surface area contributed by atoms with Crippen molar-refractivity contribution in [1.82, 2.24) is 0 Å². The molecule has 0 aliphatic carbocycles. The van der Waals surface area contributed by atoms with Crippen molar-refractivity contribution in [3.8, 4) is 16.9 Å². The minimum absolute atomic E-state index is 0.320. The summed E-state index contributed by atoms with van der Waals surface area (Å²) in [7, 11) is 1.59. The van der Waals surface area contributed by atoms with Crippen LogP contribution in [0.3, 0.4) is 0 Å². The number of allylic oxidation sites excluding steroid dienone is 1. The van der Waals surface area contributed by atoms with Crippen LogP contribution in [-0.2, 0) is 4.79 Å². The van der Waals surface area contributed by atoms with Crippen molar-refractivity contribution in [2.24, 2.45) is 0 Å². The predicted molar refractivity (Wildman–Crippen MR) is 127 cm³/mol. The van der Waals surface area contributed by atoms with E-state index in [4.69, 9.17) is 20.8 Å². The van der Waals surface area contributed by atoms with Crippen LogP contribution >= 0.6 is 11.6 Å². The number of halogens is 2. The van der Waals surface area contributed by atoms with Gasteiger partial charge in [0.25, 0.3) is 0 Å². The normalized spacial score (nSPS) is 11.6. The number of ether oxygens (including phenoxy) is 1. The largest absolute Gasteiger partial charge is 0.496 e. The molecule has 32 heavy (non-hydrogen) atoms. The van der Waals surface area contributed by atoms with E-state index in [9.17, 15) is 9.18 Å². The van der Waals surface area contributed by atoms with Gasteiger partial charge in [0.05, 0.1) is 13.4 Å². The van der Waals surface area contributed by atoms with Crippen molar-refractivity contribution < 1.29 is 18.3 Å². The molecular weight excluding hydrogens is 429 g/mol. The van der Waals surface area contributed by atoms with Crippen LogP contribution in [0.1, 0.15) is 18.1 Å². The minimum atomic E-state index is -0.361. The zero-order valence-electron chi connectivity index (χ0n) is 17.8. The van der Waals surface area contributed by atoms with Gasteiger partial charge in [-0.05, 0) is 67.4 Å². The molecule has 1 amide bonds. The average Bonchev–Trinajstić information content (AvgIpc) is 3.20. The van der Waals surface area contributed by atoms with Crippen LogP contribution in [0, 0.1) is 12.7 Å². The Morgan fingerprint density at radius 2 is 1.81 bits per heavy atom. The number of furan rings is 1. The van der Waals surface area contributed by atoms with Gasteiger partial charge in [-0.3, -0.25) is 4.79 Å². The Morgan fingerprint density at radius 3 is 2.47 bits per heavy atom. The fourth-order valence-corrected chi connectivity index (χ4v) is 3.84. The van der Waals surface area contributed by atoms with E-state index >= 15 is 0 Å². The van der Waals surface area contributed by atoms with E-state index in [0.29, 0.717) is 16.5 Å². The molecule has 1 heterocycles. The molecule has 3 aromatic carbocycles. The second-order valence-corrected chi connectivity index (χ2v) is 7.88. The fourth-order valence-electron chi connectivity index (χ4n) is 3.71. The van der Waals surface area contributed by atoms with Crippen molar-refractivity contribution in [3.63, 3.8) is 0 Å². The molecule has 0 aliphatic heterocycles. The number of nitrogens with one attached hydrogen (secondary N) is 1. The number of hydrogen-bond donors (Lipinski definition) is 1. The molecule has 0 saturated carbocycles. The lowest BCUT2D eigenvalue weighted by atomic mass is 9.96. The van der Waals surface area contributed by atoms with Crippen molar-refractivity contribution in [2.75, 3.05) is 12.4 Å². The molecule has 0 spiro atoms. The Labute approximate surface area is 190 Å². The SMILES string of the molecule is COc1c(/C(C)=C/C(=O)Nc2ccc(F)cc2)cc2c(-c3ccc(Cl)cc3)coc2c1C. The van der Waals surface area contributed by atoms with Gasteiger partial charge in [0.2, 0.25) is 5.91 Å². The molecular formula is C26H21ClFNO3. The third-order valence-corrected chi connectivity index (χ3v) is 5.54.